The number of nitrogens with zero attached hydrogens (tertiary/aromatic N) is 1. The molecule has 0 radical (unpaired) electrons. The van der Waals surface area contributed by atoms with Gasteiger partial charge in [0, 0.05) is 11.0 Å². The minimum Gasteiger partial charge on any atom is -0.508 e. The summed E-state index contributed by atoms with van der Waals surface area (Å²) in [6, 6.07) is 7.27. The minimum atomic E-state index is -0.349. The molecule has 0 aliphatic carbocycles. The quantitative estimate of drug-likeness (QED) is 0.816. The van der Waals surface area contributed by atoms with Crippen LogP contribution in [0, 0.1) is 0 Å². The van der Waals surface area contributed by atoms with Gasteiger partial charge < -0.3 is 9.52 Å². The van der Waals surface area contributed by atoms with Gasteiger partial charge in [-0.2, -0.15) is 0 Å². The van der Waals surface area contributed by atoms with Crippen molar-refractivity contribution < 1.29 is 9.52 Å². The number of phenols is 1. The van der Waals surface area contributed by atoms with E-state index in [-0.39, 0.29) is 11.2 Å². The molecule has 0 saturated carbocycles. The fraction of sp³-hybridized carbons (Fsp3) is 0.250. The first-order valence-electron chi connectivity index (χ1n) is 4.79. The zero-order valence-corrected chi connectivity index (χ0v) is 8.77. The summed E-state index contributed by atoms with van der Waals surface area (Å²) in [5.41, 5.74) is 1.31. The van der Waals surface area contributed by atoms with Gasteiger partial charge in [-0.05, 0) is 19.9 Å². The molecule has 0 unspecified atom stereocenters. The molecule has 1 aromatic heterocycles. The second-order valence-corrected chi connectivity index (χ2v) is 4.02. The molecular formula is C12H13NO2. The molecule has 0 atom stereocenters. The summed E-state index contributed by atoms with van der Waals surface area (Å²) >= 11 is 0. The van der Waals surface area contributed by atoms with Gasteiger partial charge >= 0.3 is 0 Å². The zero-order valence-electron chi connectivity index (χ0n) is 8.77. The van der Waals surface area contributed by atoms with Gasteiger partial charge in [0.2, 0.25) is 0 Å². The average molecular weight is 203 g/mol. The Morgan fingerprint density at radius 1 is 1.27 bits per heavy atom. The van der Waals surface area contributed by atoms with E-state index in [1.54, 1.807) is 18.4 Å². The van der Waals surface area contributed by atoms with E-state index < -0.39 is 0 Å². The molecular weight excluding hydrogens is 190 g/mol. The maximum atomic E-state index is 9.79. The molecule has 1 heterocycles. The van der Waals surface area contributed by atoms with Crippen LogP contribution in [-0.4, -0.2) is 10.1 Å². The third-order valence-electron chi connectivity index (χ3n) is 2.65. The highest BCUT2D eigenvalue weighted by Gasteiger charge is 2.28. The molecule has 78 valence electrons. The lowest BCUT2D eigenvalue weighted by Crippen LogP contribution is -2.19. The Morgan fingerprint density at radius 2 is 2.00 bits per heavy atom. The Labute approximate surface area is 88.4 Å². The molecule has 2 rings (SSSR count). The van der Waals surface area contributed by atoms with Gasteiger partial charge in [-0.25, -0.2) is 4.98 Å². The molecule has 0 fully saturated rings. The summed E-state index contributed by atoms with van der Waals surface area (Å²) in [4.78, 5) is 4.13. The van der Waals surface area contributed by atoms with Gasteiger partial charge in [-0.3, -0.25) is 0 Å². The van der Waals surface area contributed by atoms with Crippen LogP contribution in [0.4, 0.5) is 0 Å². The average Bonchev–Trinajstić information content (AvgIpc) is 2.71. The Balaban J connectivity index is 2.51. The lowest BCUT2D eigenvalue weighted by atomic mass is 9.81. The first-order chi connectivity index (χ1) is 7.12. The van der Waals surface area contributed by atoms with Crippen molar-refractivity contribution in [3.8, 4) is 5.75 Å². The second kappa shape index (κ2) is 3.42. The van der Waals surface area contributed by atoms with Crippen LogP contribution in [-0.2, 0) is 5.41 Å². The molecule has 0 amide bonds. The topological polar surface area (TPSA) is 46.3 Å². The van der Waals surface area contributed by atoms with Crippen LogP contribution in [0.2, 0.25) is 0 Å². The number of hydrogen-bond donors (Lipinski definition) is 1. The Bertz CT molecular complexity index is 446. The second-order valence-electron chi connectivity index (χ2n) is 4.02. The standard InChI is InChI=1S/C12H13NO2/c1-12(2,11-7-15-8-13-11)9-5-3-4-6-10(9)14/h3-8,14H,1-2H3. The number of rotatable bonds is 2. The van der Waals surface area contributed by atoms with E-state index in [0.717, 1.165) is 11.3 Å². The van der Waals surface area contributed by atoms with Crippen molar-refractivity contribution in [3.63, 3.8) is 0 Å². The van der Waals surface area contributed by atoms with E-state index in [0.29, 0.717) is 0 Å². The van der Waals surface area contributed by atoms with Crippen LogP contribution < -0.4 is 0 Å². The summed E-state index contributed by atoms with van der Waals surface area (Å²) in [6.45, 7) is 4.00. The largest absolute Gasteiger partial charge is 0.508 e. The molecule has 0 bridgehead atoms. The van der Waals surface area contributed by atoms with Gasteiger partial charge in [-0.1, -0.05) is 18.2 Å². The van der Waals surface area contributed by atoms with Crippen LogP contribution in [0.1, 0.15) is 25.1 Å². The normalized spacial score (nSPS) is 11.6. The summed E-state index contributed by atoms with van der Waals surface area (Å²) < 4.78 is 4.97. The van der Waals surface area contributed by atoms with Gasteiger partial charge in [0.25, 0.3) is 0 Å². The summed E-state index contributed by atoms with van der Waals surface area (Å²) in [5, 5.41) is 9.79. The number of aromatic hydroxyl groups is 1. The lowest BCUT2D eigenvalue weighted by molar-refractivity contribution is 0.450. The molecule has 1 aromatic carbocycles. The van der Waals surface area contributed by atoms with Crippen molar-refractivity contribution in [2.24, 2.45) is 0 Å². The van der Waals surface area contributed by atoms with Crippen LogP contribution in [0.3, 0.4) is 0 Å². The molecule has 0 spiro atoms. The molecule has 0 aliphatic rings. The number of para-hydroxylation sites is 1. The molecule has 3 heteroatoms. The first-order valence-corrected chi connectivity index (χ1v) is 4.79. The Hall–Kier alpha value is -1.77. The SMILES string of the molecule is CC(C)(c1cocn1)c1ccccc1O. The van der Waals surface area contributed by atoms with E-state index in [9.17, 15) is 5.11 Å². The van der Waals surface area contributed by atoms with E-state index in [4.69, 9.17) is 4.42 Å². The molecule has 3 nitrogen and oxygen atoms in total. The summed E-state index contributed by atoms with van der Waals surface area (Å²) in [5.74, 6) is 0.283. The minimum absolute atomic E-state index is 0.283. The third kappa shape index (κ3) is 1.61. The number of aromatic nitrogens is 1. The lowest BCUT2D eigenvalue weighted by Gasteiger charge is -2.23. The first kappa shape index (κ1) is 9.77. The number of hydrogen-bond acceptors (Lipinski definition) is 3. The highest BCUT2D eigenvalue weighted by molar-refractivity contribution is 5.42. The molecule has 0 saturated heterocycles. The van der Waals surface area contributed by atoms with Crippen LogP contribution in [0.5, 0.6) is 5.75 Å². The Kier molecular flexibility index (Phi) is 2.23. The molecule has 0 aliphatic heterocycles. The predicted molar refractivity (Wildman–Crippen MR) is 56.7 cm³/mol. The van der Waals surface area contributed by atoms with Crippen molar-refractivity contribution >= 4 is 0 Å². The maximum absolute atomic E-state index is 9.79. The van der Waals surface area contributed by atoms with Crippen LogP contribution in [0.15, 0.2) is 41.3 Å². The molecule has 2 aromatic rings. The van der Waals surface area contributed by atoms with E-state index in [1.165, 1.54) is 6.39 Å². The predicted octanol–water partition coefficient (Wildman–Crippen LogP) is 2.71. The van der Waals surface area contributed by atoms with E-state index in [2.05, 4.69) is 4.98 Å². The third-order valence-corrected chi connectivity index (χ3v) is 2.65. The van der Waals surface area contributed by atoms with Crippen molar-refractivity contribution in [1.29, 1.82) is 0 Å². The van der Waals surface area contributed by atoms with Crippen molar-refractivity contribution in [3.05, 3.63) is 48.2 Å². The fourth-order valence-electron chi connectivity index (χ4n) is 1.66. The van der Waals surface area contributed by atoms with Crippen LogP contribution >= 0.6 is 0 Å². The van der Waals surface area contributed by atoms with Gasteiger partial charge in [-0.15, -0.1) is 0 Å². The fourth-order valence-corrected chi connectivity index (χ4v) is 1.66. The maximum Gasteiger partial charge on any atom is 0.180 e. The van der Waals surface area contributed by atoms with Crippen molar-refractivity contribution in [2.45, 2.75) is 19.3 Å². The highest BCUT2D eigenvalue weighted by Crippen LogP contribution is 2.35. The smallest absolute Gasteiger partial charge is 0.180 e. The number of benzene rings is 1. The van der Waals surface area contributed by atoms with Gasteiger partial charge in [0.15, 0.2) is 6.39 Å². The van der Waals surface area contributed by atoms with E-state index in [1.807, 2.05) is 26.0 Å². The van der Waals surface area contributed by atoms with Crippen molar-refractivity contribution in [1.82, 2.24) is 4.98 Å². The summed E-state index contributed by atoms with van der Waals surface area (Å²) in [6.07, 6.45) is 3.00. The van der Waals surface area contributed by atoms with Gasteiger partial charge in [0.1, 0.15) is 12.0 Å². The van der Waals surface area contributed by atoms with Gasteiger partial charge in [0.05, 0.1) is 5.69 Å². The highest BCUT2D eigenvalue weighted by atomic mass is 16.3. The van der Waals surface area contributed by atoms with E-state index >= 15 is 0 Å². The number of oxazole rings is 1. The number of phenolic OH excluding ortho intramolecular Hbond substituents is 1. The molecule has 1 N–H and O–H groups in total. The monoisotopic (exact) mass is 203 g/mol. The Morgan fingerprint density at radius 3 is 2.60 bits per heavy atom. The zero-order chi connectivity index (χ0) is 10.9. The van der Waals surface area contributed by atoms with Crippen molar-refractivity contribution in [2.75, 3.05) is 0 Å². The van der Waals surface area contributed by atoms with Crippen LogP contribution in [0.25, 0.3) is 0 Å². The summed E-state index contributed by atoms with van der Waals surface area (Å²) in [7, 11) is 0. The molecule has 15 heavy (non-hydrogen) atoms.